The lowest BCUT2D eigenvalue weighted by Crippen LogP contribution is -2.26. The summed E-state index contributed by atoms with van der Waals surface area (Å²) in [5.74, 6) is 1.20. The second-order valence-electron chi connectivity index (χ2n) is 5.01. The minimum atomic E-state index is -0.172. The molecule has 0 aliphatic carbocycles. The van der Waals surface area contributed by atoms with E-state index in [0.29, 0.717) is 24.5 Å². The van der Waals surface area contributed by atoms with Crippen LogP contribution in [0.2, 0.25) is 0 Å². The van der Waals surface area contributed by atoms with E-state index in [0.717, 1.165) is 17.0 Å². The zero-order valence-corrected chi connectivity index (χ0v) is 13.6. The Morgan fingerprint density at radius 3 is 2.70 bits per heavy atom. The van der Waals surface area contributed by atoms with Gasteiger partial charge >= 0.3 is 0 Å². The minimum absolute atomic E-state index is 0.172. The molecule has 1 heterocycles. The smallest absolute Gasteiger partial charge is 0.252 e. The number of carbonyl (C=O) groups excluding carboxylic acids is 1. The summed E-state index contributed by atoms with van der Waals surface area (Å²) >= 11 is 0. The maximum absolute atomic E-state index is 11.9. The summed E-state index contributed by atoms with van der Waals surface area (Å²) in [6.45, 7) is 2.95. The predicted molar refractivity (Wildman–Crippen MR) is 89.5 cm³/mol. The van der Waals surface area contributed by atoms with E-state index in [1.165, 1.54) is 6.20 Å². The highest BCUT2D eigenvalue weighted by atomic mass is 16.5. The molecule has 0 saturated heterocycles. The van der Waals surface area contributed by atoms with E-state index in [1.54, 1.807) is 26.4 Å². The standard InChI is InChI=1S/C17H21N3O3/c1-12-4-6-15(23-3)14(10-12)20-16-7-5-13(11-19-16)17(21)18-8-9-22-2/h4-7,10-11H,8-9H2,1-3H3,(H,18,21)(H,19,20). The van der Waals surface area contributed by atoms with E-state index in [9.17, 15) is 4.79 Å². The highest BCUT2D eigenvalue weighted by molar-refractivity contribution is 5.94. The van der Waals surface area contributed by atoms with E-state index in [2.05, 4.69) is 15.6 Å². The molecule has 23 heavy (non-hydrogen) atoms. The van der Waals surface area contributed by atoms with E-state index in [1.807, 2.05) is 25.1 Å². The number of methoxy groups -OCH3 is 2. The molecular weight excluding hydrogens is 294 g/mol. The van der Waals surface area contributed by atoms with Crippen LogP contribution in [0.5, 0.6) is 5.75 Å². The summed E-state index contributed by atoms with van der Waals surface area (Å²) in [4.78, 5) is 16.2. The largest absolute Gasteiger partial charge is 0.495 e. The zero-order chi connectivity index (χ0) is 16.7. The molecule has 0 unspecified atom stereocenters. The number of hydrogen-bond donors (Lipinski definition) is 2. The normalized spacial score (nSPS) is 10.2. The Hall–Kier alpha value is -2.60. The number of ether oxygens (including phenoxy) is 2. The maximum atomic E-state index is 11.9. The molecule has 6 heteroatoms. The van der Waals surface area contributed by atoms with Crippen LogP contribution < -0.4 is 15.4 Å². The van der Waals surface area contributed by atoms with Crippen molar-refractivity contribution in [2.75, 3.05) is 32.7 Å². The van der Waals surface area contributed by atoms with E-state index in [4.69, 9.17) is 9.47 Å². The Morgan fingerprint density at radius 1 is 1.22 bits per heavy atom. The van der Waals surface area contributed by atoms with E-state index >= 15 is 0 Å². The first-order chi connectivity index (χ1) is 11.1. The monoisotopic (exact) mass is 315 g/mol. The fourth-order valence-electron chi connectivity index (χ4n) is 2.03. The van der Waals surface area contributed by atoms with Gasteiger partial charge in [0.25, 0.3) is 5.91 Å². The third-order valence-corrected chi connectivity index (χ3v) is 3.24. The van der Waals surface area contributed by atoms with Crippen molar-refractivity contribution < 1.29 is 14.3 Å². The third-order valence-electron chi connectivity index (χ3n) is 3.24. The van der Waals surface area contributed by atoms with Crippen LogP contribution in [0.3, 0.4) is 0 Å². The van der Waals surface area contributed by atoms with Gasteiger partial charge in [0.2, 0.25) is 0 Å². The molecule has 0 aliphatic rings. The summed E-state index contributed by atoms with van der Waals surface area (Å²) in [5, 5.41) is 5.95. The number of nitrogens with zero attached hydrogens (tertiary/aromatic N) is 1. The van der Waals surface area contributed by atoms with Crippen molar-refractivity contribution in [3.05, 3.63) is 47.7 Å². The number of carbonyl (C=O) groups is 1. The maximum Gasteiger partial charge on any atom is 0.252 e. The number of anilines is 2. The number of rotatable bonds is 7. The summed E-state index contributed by atoms with van der Waals surface area (Å²) in [7, 11) is 3.21. The van der Waals surface area contributed by atoms with Gasteiger partial charge in [-0.05, 0) is 36.8 Å². The summed E-state index contributed by atoms with van der Waals surface area (Å²) in [6, 6.07) is 9.33. The van der Waals surface area contributed by atoms with Gasteiger partial charge in [0, 0.05) is 19.9 Å². The fourth-order valence-corrected chi connectivity index (χ4v) is 2.03. The van der Waals surface area contributed by atoms with Crippen molar-refractivity contribution in [2.24, 2.45) is 0 Å². The summed E-state index contributed by atoms with van der Waals surface area (Å²) in [5.41, 5.74) is 2.45. The number of pyridine rings is 1. The Bertz CT molecular complexity index is 657. The summed E-state index contributed by atoms with van der Waals surface area (Å²) < 4.78 is 10.2. The number of aromatic nitrogens is 1. The molecule has 1 amide bonds. The second-order valence-corrected chi connectivity index (χ2v) is 5.01. The topological polar surface area (TPSA) is 72.5 Å². The Morgan fingerprint density at radius 2 is 2.04 bits per heavy atom. The zero-order valence-electron chi connectivity index (χ0n) is 13.6. The number of hydrogen-bond acceptors (Lipinski definition) is 5. The average molecular weight is 315 g/mol. The first-order valence-corrected chi connectivity index (χ1v) is 7.29. The molecule has 1 aromatic carbocycles. The lowest BCUT2D eigenvalue weighted by atomic mass is 10.2. The molecule has 2 N–H and O–H groups in total. The quantitative estimate of drug-likeness (QED) is 0.768. The van der Waals surface area contributed by atoms with Gasteiger partial charge in [0.1, 0.15) is 11.6 Å². The number of aryl methyl sites for hydroxylation is 1. The van der Waals surface area contributed by atoms with Gasteiger partial charge in [-0.25, -0.2) is 4.98 Å². The van der Waals surface area contributed by atoms with Crippen LogP contribution in [0.1, 0.15) is 15.9 Å². The van der Waals surface area contributed by atoms with Crippen LogP contribution in [-0.2, 0) is 4.74 Å². The van der Waals surface area contributed by atoms with Crippen LogP contribution in [-0.4, -0.2) is 38.3 Å². The average Bonchev–Trinajstić information content (AvgIpc) is 2.56. The molecule has 1 aromatic heterocycles. The van der Waals surface area contributed by atoms with E-state index < -0.39 is 0 Å². The highest BCUT2D eigenvalue weighted by Gasteiger charge is 2.07. The van der Waals surface area contributed by atoms with Crippen LogP contribution in [0, 0.1) is 6.92 Å². The van der Waals surface area contributed by atoms with Gasteiger partial charge < -0.3 is 20.1 Å². The lowest BCUT2D eigenvalue weighted by Gasteiger charge is -2.11. The van der Waals surface area contributed by atoms with Crippen molar-refractivity contribution in [2.45, 2.75) is 6.92 Å². The molecule has 2 rings (SSSR count). The van der Waals surface area contributed by atoms with Gasteiger partial charge in [-0.1, -0.05) is 6.07 Å². The molecule has 0 spiro atoms. The van der Waals surface area contributed by atoms with Crippen LogP contribution >= 0.6 is 0 Å². The first kappa shape index (κ1) is 16.8. The Kier molecular flexibility index (Phi) is 5.94. The van der Waals surface area contributed by atoms with Crippen molar-refractivity contribution >= 4 is 17.4 Å². The summed E-state index contributed by atoms with van der Waals surface area (Å²) in [6.07, 6.45) is 1.53. The number of benzene rings is 1. The SMILES string of the molecule is COCCNC(=O)c1ccc(Nc2cc(C)ccc2OC)nc1. The number of nitrogens with one attached hydrogen (secondary N) is 2. The molecule has 0 saturated carbocycles. The lowest BCUT2D eigenvalue weighted by molar-refractivity contribution is 0.0937. The molecule has 0 aliphatic heterocycles. The van der Waals surface area contributed by atoms with Crippen LogP contribution in [0.15, 0.2) is 36.5 Å². The van der Waals surface area contributed by atoms with Crippen molar-refractivity contribution in [1.29, 1.82) is 0 Å². The molecule has 6 nitrogen and oxygen atoms in total. The van der Waals surface area contributed by atoms with Crippen molar-refractivity contribution in [3.63, 3.8) is 0 Å². The molecule has 122 valence electrons. The highest BCUT2D eigenvalue weighted by Crippen LogP contribution is 2.27. The Labute approximate surface area is 135 Å². The van der Waals surface area contributed by atoms with Crippen molar-refractivity contribution in [3.8, 4) is 5.75 Å². The molecule has 0 atom stereocenters. The molecule has 0 bridgehead atoms. The fraction of sp³-hybridized carbons (Fsp3) is 0.294. The second kappa shape index (κ2) is 8.14. The minimum Gasteiger partial charge on any atom is -0.495 e. The third kappa shape index (κ3) is 4.69. The van der Waals surface area contributed by atoms with Gasteiger partial charge in [-0.2, -0.15) is 0 Å². The van der Waals surface area contributed by atoms with Crippen LogP contribution in [0.4, 0.5) is 11.5 Å². The first-order valence-electron chi connectivity index (χ1n) is 7.29. The van der Waals surface area contributed by atoms with Gasteiger partial charge in [-0.3, -0.25) is 4.79 Å². The molecular formula is C17H21N3O3. The molecule has 2 aromatic rings. The molecule has 0 radical (unpaired) electrons. The van der Waals surface area contributed by atoms with Gasteiger partial charge in [0.15, 0.2) is 0 Å². The predicted octanol–water partition coefficient (Wildman–Crippen LogP) is 2.52. The van der Waals surface area contributed by atoms with Crippen molar-refractivity contribution in [1.82, 2.24) is 10.3 Å². The van der Waals surface area contributed by atoms with E-state index in [-0.39, 0.29) is 5.91 Å². The molecule has 0 fully saturated rings. The Balaban J connectivity index is 2.05. The number of amides is 1. The van der Waals surface area contributed by atoms with Gasteiger partial charge in [-0.15, -0.1) is 0 Å². The van der Waals surface area contributed by atoms with Crippen LogP contribution in [0.25, 0.3) is 0 Å². The van der Waals surface area contributed by atoms with Gasteiger partial charge in [0.05, 0.1) is 25.0 Å².